The van der Waals surface area contributed by atoms with Crippen LogP contribution < -0.4 is 0 Å². The molecule has 0 saturated carbocycles. The molecule has 3 aromatic rings. The van der Waals surface area contributed by atoms with Crippen molar-refractivity contribution in [3.63, 3.8) is 0 Å². The fourth-order valence-corrected chi connectivity index (χ4v) is 2.29. The largest absolute Gasteiger partial charge is 0.380 e. The van der Waals surface area contributed by atoms with E-state index in [1.165, 1.54) is 5.56 Å². The van der Waals surface area contributed by atoms with Gasteiger partial charge in [-0.2, -0.15) is 0 Å². The van der Waals surface area contributed by atoms with Gasteiger partial charge in [0.05, 0.1) is 17.6 Å². The third-order valence-corrected chi connectivity index (χ3v) is 3.23. The lowest BCUT2D eigenvalue weighted by Crippen LogP contribution is -1.88. The van der Waals surface area contributed by atoms with Crippen LogP contribution in [0.25, 0.3) is 22.4 Å². The van der Waals surface area contributed by atoms with Crippen molar-refractivity contribution in [2.45, 2.75) is 13.5 Å². The van der Waals surface area contributed by atoms with E-state index in [2.05, 4.69) is 47.2 Å². The van der Waals surface area contributed by atoms with Gasteiger partial charge in [-0.05, 0) is 30.2 Å². The van der Waals surface area contributed by atoms with Crippen molar-refractivity contribution in [2.24, 2.45) is 0 Å². The number of aromatic nitrogens is 2. The second-order valence-corrected chi connectivity index (χ2v) is 4.69. The summed E-state index contributed by atoms with van der Waals surface area (Å²) < 4.78 is 5.17. The van der Waals surface area contributed by atoms with Gasteiger partial charge in [0.1, 0.15) is 5.82 Å². The number of para-hydroxylation sites is 1. The standard InChI is InChI=1S/C16H16N2O/c1-11-5-3-8-14-15(11)18-16(17-14)13-7-4-6-12(9-13)10-19-2/h3-9H,10H2,1-2H3,(H,17,18). The lowest BCUT2D eigenvalue weighted by Gasteiger charge is -2.01. The summed E-state index contributed by atoms with van der Waals surface area (Å²) in [4.78, 5) is 8.06. The molecule has 0 atom stereocenters. The molecule has 0 aliphatic carbocycles. The van der Waals surface area contributed by atoms with Crippen molar-refractivity contribution >= 4 is 11.0 Å². The summed E-state index contributed by atoms with van der Waals surface area (Å²) in [5.41, 5.74) is 5.54. The van der Waals surface area contributed by atoms with Crippen molar-refractivity contribution in [3.8, 4) is 11.4 Å². The molecule has 3 rings (SSSR count). The third kappa shape index (κ3) is 2.25. The van der Waals surface area contributed by atoms with Crippen LogP contribution in [0, 0.1) is 6.92 Å². The maximum atomic E-state index is 5.17. The van der Waals surface area contributed by atoms with E-state index in [0.717, 1.165) is 28.0 Å². The molecule has 0 spiro atoms. The van der Waals surface area contributed by atoms with E-state index in [4.69, 9.17) is 4.74 Å². The number of rotatable bonds is 3. The van der Waals surface area contributed by atoms with Crippen molar-refractivity contribution in [2.75, 3.05) is 7.11 Å². The minimum atomic E-state index is 0.618. The molecule has 1 N–H and O–H groups in total. The number of imidazole rings is 1. The molecule has 1 aromatic heterocycles. The summed E-state index contributed by atoms with van der Waals surface area (Å²) in [5.74, 6) is 0.905. The Morgan fingerprint density at radius 3 is 2.79 bits per heavy atom. The fraction of sp³-hybridized carbons (Fsp3) is 0.188. The van der Waals surface area contributed by atoms with Crippen LogP contribution in [0.2, 0.25) is 0 Å². The SMILES string of the molecule is COCc1cccc(-c2nc3c(C)cccc3[nH]2)c1. The zero-order valence-electron chi connectivity index (χ0n) is 11.1. The maximum absolute atomic E-state index is 5.17. The molecule has 0 bridgehead atoms. The molecule has 0 unspecified atom stereocenters. The second-order valence-electron chi connectivity index (χ2n) is 4.69. The predicted octanol–water partition coefficient (Wildman–Crippen LogP) is 3.68. The van der Waals surface area contributed by atoms with E-state index >= 15 is 0 Å². The Bertz CT molecular complexity index is 716. The van der Waals surface area contributed by atoms with Gasteiger partial charge in [0.15, 0.2) is 0 Å². The molecule has 96 valence electrons. The highest BCUT2D eigenvalue weighted by atomic mass is 16.5. The van der Waals surface area contributed by atoms with Crippen LogP contribution in [0.4, 0.5) is 0 Å². The maximum Gasteiger partial charge on any atom is 0.138 e. The first-order valence-corrected chi connectivity index (χ1v) is 6.31. The number of ether oxygens (including phenoxy) is 1. The molecule has 3 heteroatoms. The normalized spacial score (nSPS) is 11.1. The predicted molar refractivity (Wildman–Crippen MR) is 77.0 cm³/mol. The Morgan fingerprint density at radius 1 is 1.16 bits per heavy atom. The number of nitrogens with zero attached hydrogens (tertiary/aromatic N) is 1. The molecule has 3 nitrogen and oxygen atoms in total. The second kappa shape index (κ2) is 4.86. The van der Waals surface area contributed by atoms with E-state index in [-0.39, 0.29) is 0 Å². The number of benzene rings is 2. The summed E-state index contributed by atoms with van der Waals surface area (Å²) in [5, 5.41) is 0. The molecule has 2 aromatic carbocycles. The van der Waals surface area contributed by atoms with Crippen LogP contribution in [0.3, 0.4) is 0 Å². The summed E-state index contributed by atoms with van der Waals surface area (Å²) in [6.45, 7) is 2.70. The highest BCUT2D eigenvalue weighted by Gasteiger charge is 2.07. The third-order valence-electron chi connectivity index (χ3n) is 3.23. The molecule has 19 heavy (non-hydrogen) atoms. The van der Waals surface area contributed by atoms with E-state index < -0.39 is 0 Å². The highest BCUT2D eigenvalue weighted by molar-refractivity contribution is 5.82. The Labute approximate surface area is 112 Å². The van der Waals surface area contributed by atoms with E-state index in [9.17, 15) is 0 Å². The average Bonchev–Trinajstić information content (AvgIpc) is 2.85. The van der Waals surface area contributed by atoms with Crippen LogP contribution in [-0.2, 0) is 11.3 Å². The number of aryl methyl sites for hydroxylation is 1. The zero-order valence-corrected chi connectivity index (χ0v) is 11.1. The molecule has 0 aliphatic rings. The zero-order chi connectivity index (χ0) is 13.2. The van der Waals surface area contributed by atoms with Gasteiger partial charge in [-0.3, -0.25) is 0 Å². The van der Waals surface area contributed by atoms with Gasteiger partial charge in [0.25, 0.3) is 0 Å². The molecular weight excluding hydrogens is 236 g/mol. The first kappa shape index (κ1) is 11.9. The number of hydrogen-bond donors (Lipinski definition) is 1. The number of aromatic amines is 1. The van der Waals surface area contributed by atoms with Gasteiger partial charge in [0, 0.05) is 12.7 Å². The number of fused-ring (bicyclic) bond motifs is 1. The van der Waals surface area contributed by atoms with Gasteiger partial charge in [-0.1, -0.05) is 30.3 Å². The summed E-state index contributed by atoms with van der Waals surface area (Å²) in [7, 11) is 1.71. The first-order valence-electron chi connectivity index (χ1n) is 6.31. The minimum Gasteiger partial charge on any atom is -0.380 e. The summed E-state index contributed by atoms with van der Waals surface area (Å²) in [6.07, 6.45) is 0. The number of hydrogen-bond acceptors (Lipinski definition) is 2. The summed E-state index contributed by atoms with van der Waals surface area (Å²) in [6, 6.07) is 14.4. The van der Waals surface area contributed by atoms with Gasteiger partial charge in [0.2, 0.25) is 0 Å². The quantitative estimate of drug-likeness (QED) is 0.772. The van der Waals surface area contributed by atoms with Crippen LogP contribution in [0.5, 0.6) is 0 Å². The van der Waals surface area contributed by atoms with E-state index in [1.807, 2.05) is 12.1 Å². The van der Waals surface area contributed by atoms with Crippen molar-refractivity contribution in [3.05, 3.63) is 53.6 Å². The van der Waals surface area contributed by atoms with E-state index in [1.54, 1.807) is 7.11 Å². The first-order chi connectivity index (χ1) is 9.28. The van der Waals surface area contributed by atoms with Gasteiger partial charge in [-0.25, -0.2) is 4.98 Å². The van der Waals surface area contributed by atoms with Gasteiger partial charge in [-0.15, -0.1) is 0 Å². The Hall–Kier alpha value is -2.13. The molecule has 0 fully saturated rings. The average molecular weight is 252 g/mol. The monoisotopic (exact) mass is 252 g/mol. The van der Waals surface area contributed by atoms with Crippen LogP contribution in [0.1, 0.15) is 11.1 Å². The molecule has 1 heterocycles. The fourth-order valence-electron chi connectivity index (χ4n) is 2.29. The molecular formula is C16H16N2O. The topological polar surface area (TPSA) is 37.9 Å². The highest BCUT2D eigenvalue weighted by Crippen LogP contribution is 2.23. The van der Waals surface area contributed by atoms with E-state index in [0.29, 0.717) is 6.61 Å². The summed E-state index contributed by atoms with van der Waals surface area (Å²) >= 11 is 0. The Balaban J connectivity index is 2.08. The Kier molecular flexibility index (Phi) is 3.05. The minimum absolute atomic E-state index is 0.618. The van der Waals surface area contributed by atoms with Crippen molar-refractivity contribution in [1.29, 1.82) is 0 Å². The van der Waals surface area contributed by atoms with Gasteiger partial charge >= 0.3 is 0 Å². The van der Waals surface area contributed by atoms with Gasteiger partial charge < -0.3 is 9.72 Å². The smallest absolute Gasteiger partial charge is 0.138 e. The van der Waals surface area contributed by atoms with Crippen LogP contribution in [0.15, 0.2) is 42.5 Å². The molecule has 0 saturated heterocycles. The molecule has 0 aliphatic heterocycles. The number of H-pyrrole nitrogens is 1. The van der Waals surface area contributed by atoms with Crippen molar-refractivity contribution in [1.82, 2.24) is 9.97 Å². The number of methoxy groups -OCH3 is 1. The number of nitrogens with one attached hydrogen (secondary N) is 1. The van der Waals surface area contributed by atoms with Crippen LogP contribution >= 0.6 is 0 Å². The molecule has 0 amide bonds. The van der Waals surface area contributed by atoms with Crippen LogP contribution in [-0.4, -0.2) is 17.1 Å². The van der Waals surface area contributed by atoms with Crippen molar-refractivity contribution < 1.29 is 4.74 Å². The lowest BCUT2D eigenvalue weighted by atomic mass is 10.1. The Morgan fingerprint density at radius 2 is 2.00 bits per heavy atom. The molecule has 0 radical (unpaired) electrons. The lowest BCUT2D eigenvalue weighted by molar-refractivity contribution is 0.185.